The molecule has 132 valence electrons. The van der Waals surface area contributed by atoms with Crippen LogP contribution in [-0.4, -0.2) is 21.5 Å². The number of fused-ring (bicyclic) bond motifs is 3. The summed E-state index contributed by atoms with van der Waals surface area (Å²) >= 11 is 0. The van der Waals surface area contributed by atoms with Crippen molar-refractivity contribution < 1.29 is 4.79 Å². The van der Waals surface area contributed by atoms with Gasteiger partial charge < -0.3 is 5.32 Å². The second-order valence-corrected chi connectivity index (χ2v) is 8.67. The summed E-state index contributed by atoms with van der Waals surface area (Å²) in [6, 6.07) is 2.25. The number of aromatic nitrogens is 2. The van der Waals surface area contributed by atoms with E-state index in [1.165, 1.54) is 34.4 Å². The van der Waals surface area contributed by atoms with E-state index in [1.807, 2.05) is 13.8 Å². The summed E-state index contributed by atoms with van der Waals surface area (Å²) in [5.74, 6) is 0.247. The Labute approximate surface area is 149 Å². The van der Waals surface area contributed by atoms with E-state index in [0.29, 0.717) is 0 Å². The summed E-state index contributed by atoms with van der Waals surface area (Å²) in [7, 11) is 0. The highest BCUT2D eigenvalue weighted by atomic mass is 16.1. The van der Waals surface area contributed by atoms with Gasteiger partial charge in [0.1, 0.15) is 0 Å². The SMILES string of the molecule is Cc1n[nH]c(C)c1-c1cc2c(c3c1CCC3)NC(C)(C)C(=O)C2(C)C. The summed E-state index contributed by atoms with van der Waals surface area (Å²) in [4.78, 5) is 13.1. The van der Waals surface area contributed by atoms with Gasteiger partial charge in [0.2, 0.25) is 0 Å². The average molecular weight is 337 g/mol. The Bertz CT molecular complexity index is 883. The van der Waals surface area contributed by atoms with Gasteiger partial charge >= 0.3 is 0 Å². The molecular weight excluding hydrogens is 310 g/mol. The van der Waals surface area contributed by atoms with Gasteiger partial charge in [-0.2, -0.15) is 5.10 Å². The first-order valence-electron chi connectivity index (χ1n) is 9.19. The molecule has 0 radical (unpaired) electrons. The highest BCUT2D eigenvalue weighted by Crippen LogP contribution is 2.48. The van der Waals surface area contributed by atoms with Crippen molar-refractivity contribution in [2.75, 3.05) is 5.32 Å². The number of benzene rings is 1. The van der Waals surface area contributed by atoms with Crippen LogP contribution in [0.25, 0.3) is 11.1 Å². The monoisotopic (exact) mass is 337 g/mol. The molecule has 4 rings (SSSR count). The van der Waals surface area contributed by atoms with Crippen LogP contribution in [0.4, 0.5) is 5.69 Å². The van der Waals surface area contributed by atoms with Crippen molar-refractivity contribution in [2.24, 2.45) is 0 Å². The minimum Gasteiger partial charge on any atom is -0.373 e. The van der Waals surface area contributed by atoms with Crippen LogP contribution in [0.2, 0.25) is 0 Å². The quantitative estimate of drug-likeness (QED) is 0.818. The lowest BCUT2D eigenvalue weighted by molar-refractivity contribution is -0.127. The fourth-order valence-electron chi connectivity index (χ4n) is 4.86. The Hall–Kier alpha value is -2.10. The molecule has 4 heteroatoms. The van der Waals surface area contributed by atoms with Crippen molar-refractivity contribution in [1.29, 1.82) is 0 Å². The third-order valence-corrected chi connectivity index (χ3v) is 6.05. The Kier molecular flexibility index (Phi) is 3.25. The molecule has 2 aromatic rings. The molecule has 1 aromatic heterocycles. The standard InChI is InChI=1S/C21H27N3O/c1-11-17(12(2)24-23-11)15-10-16-18(14-9-7-8-13(14)15)22-21(5,6)19(25)20(16,3)4/h10,22H,7-9H2,1-6H3,(H,23,24). The molecule has 0 amide bonds. The maximum absolute atomic E-state index is 13.1. The predicted molar refractivity (Wildman–Crippen MR) is 101 cm³/mol. The molecule has 0 bridgehead atoms. The average Bonchev–Trinajstić information content (AvgIpc) is 3.13. The van der Waals surface area contributed by atoms with Gasteiger partial charge in [0, 0.05) is 16.9 Å². The van der Waals surface area contributed by atoms with E-state index in [-0.39, 0.29) is 5.78 Å². The number of hydrogen-bond acceptors (Lipinski definition) is 3. The molecule has 25 heavy (non-hydrogen) atoms. The smallest absolute Gasteiger partial charge is 0.167 e. The maximum Gasteiger partial charge on any atom is 0.167 e. The Balaban J connectivity index is 2.06. The lowest BCUT2D eigenvalue weighted by atomic mass is 9.68. The molecule has 0 spiro atoms. The van der Waals surface area contributed by atoms with Crippen LogP contribution in [0.5, 0.6) is 0 Å². The molecule has 0 atom stereocenters. The molecular formula is C21H27N3O. The van der Waals surface area contributed by atoms with Crippen molar-refractivity contribution in [3.05, 3.63) is 34.1 Å². The molecule has 2 aliphatic rings. The third-order valence-electron chi connectivity index (χ3n) is 6.05. The Morgan fingerprint density at radius 3 is 2.40 bits per heavy atom. The van der Waals surface area contributed by atoms with Crippen LogP contribution < -0.4 is 5.32 Å². The van der Waals surface area contributed by atoms with Gasteiger partial charge in [-0.05, 0) is 89.1 Å². The van der Waals surface area contributed by atoms with E-state index < -0.39 is 11.0 Å². The number of anilines is 1. The molecule has 0 fully saturated rings. The number of rotatable bonds is 1. The number of ketones is 1. The highest BCUT2D eigenvalue weighted by Gasteiger charge is 2.47. The zero-order valence-electron chi connectivity index (χ0n) is 16.1. The van der Waals surface area contributed by atoms with E-state index in [4.69, 9.17) is 0 Å². The molecule has 2 N–H and O–H groups in total. The van der Waals surface area contributed by atoms with Gasteiger partial charge in [-0.3, -0.25) is 9.89 Å². The number of nitrogens with one attached hydrogen (secondary N) is 2. The van der Waals surface area contributed by atoms with Crippen LogP contribution in [0, 0.1) is 13.8 Å². The number of hydrogen-bond donors (Lipinski definition) is 2. The number of H-pyrrole nitrogens is 1. The van der Waals surface area contributed by atoms with Crippen molar-refractivity contribution in [2.45, 2.75) is 71.8 Å². The fraction of sp³-hybridized carbons (Fsp3) is 0.524. The Morgan fingerprint density at radius 1 is 1.08 bits per heavy atom. The van der Waals surface area contributed by atoms with E-state index in [9.17, 15) is 4.79 Å². The predicted octanol–water partition coefficient (Wildman–Crippen LogP) is 4.23. The number of nitrogens with zero attached hydrogens (tertiary/aromatic N) is 1. The summed E-state index contributed by atoms with van der Waals surface area (Å²) in [5.41, 5.74) is 8.72. The minimum atomic E-state index is -0.532. The molecule has 0 unspecified atom stereocenters. The van der Waals surface area contributed by atoms with Crippen molar-refractivity contribution >= 4 is 11.5 Å². The lowest BCUT2D eigenvalue weighted by Gasteiger charge is -2.43. The summed E-state index contributed by atoms with van der Waals surface area (Å²) in [6.45, 7) is 12.3. The van der Waals surface area contributed by atoms with Gasteiger partial charge in [0.05, 0.1) is 16.6 Å². The summed E-state index contributed by atoms with van der Waals surface area (Å²) < 4.78 is 0. The van der Waals surface area contributed by atoms with Crippen LogP contribution in [0.3, 0.4) is 0 Å². The largest absolute Gasteiger partial charge is 0.373 e. The van der Waals surface area contributed by atoms with Gasteiger partial charge in [-0.1, -0.05) is 0 Å². The van der Waals surface area contributed by atoms with Gasteiger partial charge in [0.25, 0.3) is 0 Å². The molecule has 4 nitrogen and oxygen atoms in total. The molecule has 1 aliphatic heterocycles. The maximum atomic E-state index is 13.1. The third kappa shape index (κ3) is 2.12. The van der Waals surface area contributed by atoms with Crippen molar-refractivity contribution in [1.82, 2.24) is 10.2 Å². The number of Topliss-reactive ketones (excluding diaryl/α,β-unsaturated/α-hetero) is 1. The molecule has 1 aromatic carbocycles. The van der Waals surface area contributed by atoms with Crippen LogP contribution in [-0.2, 0) is 23.1 Å². The van der Waals surface area contributed by atoms with E-state index in [0.717, 1.165) is 29.8 Å². The lowest BCUT2D eigenvalue weighted by Crippen LogP contribution is -2.53. The minimum absolute atomic E-state index is 0.247. The molecule has 1 aliphatic carbocycles. The van der Waals surface area contributed by atoms with Gasteiger partial charge in [-0.25, -0.2) is 0 Å². The van der Waals surface area contributed by atoms with Crippen molar-refractivity contribution in [3.63, 3.8) is 0 Å². The van der Waals surface area contributed by atoms with E-state index in [1.54, 1.807) is 0 Å². The first-order chi connectivity index (χ1) is 11.6. The highest BCUT2D eigenvalue weighted by molar-refractivity contribution is 6.04. The van der Waals surface area contributed by atoms with E-state index >= 15 is 0 Å². The zero-order chi connectivity index (χ0) is 18.1. The second kappa shape index (κ2) is 4.96. The first-order valence-corrected chi connectivity index (χ1v) is 9.19. The van der Waals surface area contributed by atoms with E-state index in [2.05, 4.69) is 49.3 Å². The fourth-order valence-corrected chi connectivity index (χ4v) is 4.86. The number of carbonyl (C=O) groups excluding carboxylic acids is 1. The summed E-state index contributed by atoms with van der Waals surface area (Å²) in [5, 5.41) is 11.1. The van der Waals surface area contributed by atoms with Crippen LogP contribution in [0.1, 0.15) is 62.2 Å². The number of aryl methyl sites for hydroxylation is 2. The molecule has 0 saturated carbocycles. The normalized spacial score (nSPS) is 20.2. The van der Waals surface area contributed by atoms with Crippen LogP contribution in [0.15, 0.2) is 6.07 Å². The molecule has 0 saturated heterocycles. The topological polar surface area (TPSA) is 57.8 Å². The van der Waals surface area contributed by atoms with Gasteiger partial charge in [0.15, 0.2) is 5.78 Å². The Morgan fingerprint density at radius 2 is 1.76 bits per heavy atom. The van der Waals surface area contributed by atoms with Crippen LogP contribution >= 0.6 is 0 Å². The number of carbonyl (C=O) groups is 1. The first kappa shape index (κ1) is 16.4. The van der Waals surface area contributed by atoms with Crippen molar-refractivity contribution in [3.8, 4) is 11.1 Å². The van der Waals surface area contributed by atoms with Gasteiger partial charge in [-0.15, -0.1) is 0 Å². The molecule has 2 heterocycles. The summed E-state index contributed by atoms with van der Waals surface area (Å²) in [6.07, 6.45) is 3.35. The number of aromatic amines is 1. The zero-order valence-corrected chi connectivity index (χ0v) is 16.1. The second-order valence-electron chi connectivity index (χ2n) is 8.67.